The number of methoxy groups -OCH3 is 2. The van der Waals surface area contributed by atoms with Crippen molar-refractivity contribution < 1.29 is 18.7 Å². The highest BCUT2D eigenvalue weighted by atomic mass is 16.5. The van der Waals surface area contributed by atoms with E-state index < -0.39 is 0 Å². The van der Waals surface area contributed by atoms with Gasteiger partial charge >= 0.3 is 0 Å². The molecule has 0 spiro atoms. The fourth-order valence-electron chi connectivity index (χ4n) is 2.70. The highest BCUT2D eigenvalue weighted by molar-refractivity contribution is 6.05. The van der Waals surface area contributed by atoms with Gasteiger partial charge in [-0.25, -0.2) is 0 Å². The second-order valence-corrected chi connectivity index (χ2v) is 5.62. The summed E-state index contributed by atoms with van der Waals surface area (Å²) >= 11 is 0. The summed E-state index contributed by atoms with van der Waals surface area (Å²) in [6.45, 7) is 3.99. The summed E-state index contributed by atoms with van der Waals surface area (Å²) in [6.07, 6.45) is 0. The zero-order chi connectivity index (χ0) is 17.3. The summed E-state index contributed by atoms with van der Waals surface area (Å²) < 4.78 is 16.2. The van der Waals surface area contributed by atoms with Gasteiger partial charge in [0.1, 0.15) is 17.1 Å². The van der Waals surface area contributed by atoms with Gasteiger partial charge < -0.3 is 19.2 Å². The molecule has 2 aromatic carbocycles. The molecule has 3 rings (SSSR count). The lowest BCUT2D eigenvalue weighted by Gasteiger charge is -2.10. The second kappa shape index (κ2) is 6.28. The van der Waals surface area contributed by atoms with Crippen LogP contribution in [0.15, 0.2) is 40.8 Å². The number of carbonyl (C=O) groups excluding carboxylic acids is 1. The molecule has 1 aromatic heterocycles. The SMILES string of the molecule is COc1ccc(OC)c(NC(=O)c2cc3c(C)cc(C)cc3o2)c1. The normalized spacial score (nSPS) is 10.7. The lowest BCUT2D eigenvalue weighted by molar-refractivity contribution is 0.0998. The Morgan fingerprint density at radius 1 is 1.04 bits per heavy atom. The maximum absolute atomic E-state index is 12.5. The van der Waals surface area contributed by atoms with Crippen molar-refractivity contribution in [3.05, 3.63) is 53.3 Å². The molecule has 0 radical (unpaired) electrons. The third-order valence-corrected chi connectivity index (χ3v) is 3.87. The van der Waals surface area contributed by atoms with Crippen LogP contribution in [0, 0.1) is 13.8 Å². The Morgan fingerprint density at radius 3 is 2.54 bits per heavy atom. The van der Waals surface area contributed by atoms with Gasteiger partial charge in [0.15, 0.2) is 5.76 Å². The van der Waals surface area contributed by atoms with E-state index in [9.17, 15) is 4.79 Å². The first-order valence-electron chi connectivity index (χ1n) is 7.56. The molecule has 124 valence electrons. The van der Waals surface area contributed by atoms with E-state index >= 15 is 0 Å². The standard InChI is InChI=1S/C19H19NO4/c1-11-7-12(2)14-10-18(24-17(14)8-11)19(21)20-15-9-13(22-3)5-6-16(15)23-4/h5-10H,1-4H3,(H,20,21). The Bertz CT molecular complexity index is 911. The molecule has 0 aliphatic carbocycles. The Balaban J connectivity index is 1.94. The van der Waals surface area contributed by atoms with Crippen molar-refractivity contribution in [2.45, 2.75) is 13.8 Å². The van der Waals surface area contributed by atoms with E-state index in [0.29, 0.717) is 22.8 Å². The quantitative estimate of drug-likeness (QED) is 0.776. The van der Waals surface area contributed by atoms with Crippen LogP contribution in [-0.2, 0) is 0 Å². The van der Waals surface area contributed by atoms with Crippen LogP contribution in [-0.4, -0.2) is 20.1 Å². The predicted molar refractivity (Wildman–Crippen MR) is 93.2 cm³/mol. The van der Waals surface area contributed by atoms with Crippen molar-refractivity contribution in [1.82, 2.24) is 0 Å². The van der Waals surface area contributed by atoms with Crippen molar-refractivity contribution >= 4 is 22.6 Å². The highest BCUT2D eigenvalue weighted by Crippen LogP contribution is 2.30. The first kappa shape index (κ1) is 15.9. The van der Waals surface area contributed by atoms with E-state index in [1.807, 2.05) is 19.9 Å². The first-order chi connectivity index (χ1) is 11.5. The molecule has 0 fully saturated rings. The second-order valence-electron chi connectivity index (χ2n) is 5.62. The van der Waals surface area contributed by atoms with Gasteiger partial charge in [0.25, 0.3) is 5.91 Å². The van der Waals surface area contributed by atoms with Gasteiger partial charge in [0.2, 0.25) is 0 Å². The number of rotatable bonds is 4. The zero-order valence-corrected chi connectivity index (χ0v) is 14.1. The summed E-state index contributed by atoms with van der Waals surface area (Å²) in [7, 11) is 3.11. The van der Waals surface area contributed by atoms with Gasteiger partial charge in [0.05, 0.1) is 19.9 Å². The molecule has 0 aliphatic heterocycles. The minimum absolute atomic E-state index is 0.253. The van der Waals surface area contributed by atoms with Gasteiger partial charge in [-0.3, -0.25) is 4.79 Å². The fourth-order valence-corrected chi connectivity index (χ4v) is 2.70. The molecule has 0 saturated carbocycles. The average molecular weight is 325 g/mol. The Kier molecular flexibility index (Phi) is 4.16. The third-order valence-electron chi connectivity index (χ3n) is 3.87. The number of aryl methyl sites for hydroxylation is 2. The molecule has 0 saturated heterocycles. The topological polar surface area (TPSA) is 60.7 Å². The summed E-state index contributed by atoms with van der Waals surface area (Å²) in [6, 6.07) is 10.9. The molecule has 24 heavy (non-hydrogen) atoms. The van der Waals surface area contributed by atoms with Crippen molar-refractivity contribution in [1.29, 1.82) is 0 Å². The van der Waals surface area contributed by atoms with Gasteiger partial charge in [-0.2, -0.15) is 0 Å². The van der Waals surface area contributed by atoms with Crippen LogP contribution in [0.3, 0.4) is 0 Å². The molecule has 5 heteroatoms. The molecule has 0 bridgehead atoms. The highest BCUT2D eigenvalue weighted by Gasteiger charge is 2.16. The van der Waals surface area contributed by atoms with Crippen LogP contribution in [0.4, 0.5) is 5.69 Å². The summed E-state index contributed by atoms with van der Waals surface area (Å²) in [5.41, 5.74) is 3.40. The minimum atomic E-state index is -0.338. The Morgan fingerprint density at radius 2 is 1.83 bits per heavy atom. The van der Waals surface area contributed by atoms with Gasteiger partial charge in [-0.15, -0.1) is 0 Å². The number of nitrogens with one attached hydrogen (secondary N) is 1. The van der Waals surface area contributed by atoms with Crippen molar-refractivity contribution in [3.8, 4) is 11.5 Å². The summed E-state index contributed by atoms with van der Waals surface area (Å²) in [5.74, 6) is 1.09. The monoisotopic (exact) mass is 325 g/mol. The molecule has 1 heterocycles. The number of furan rings is 1. The summed E-state index contributed by atoms with van der Waals surface area (Å²) in [5, 5.41) is 3.74. The lowest BCUT2D eigenvalue weighted by atomic mass is 10.1. The van der Waals surface area contributed by atoms with E-state index in [1.54, 1.807) is 38.5 Å². The molecule has 1 N–H and O–H groups in total. The maximum Gasteiger partial charge on any atom is 0.291 e. The van der Waals surface area contributed by atoms with Crippen molar-refractivity contribution in [2.24, 2.45) is 0 Å². The van der Waals surface area contributed by atoms with Crippen molar-refractivity contribution in [3.63, 3.8) is 0 Å². The number of hydrogen-bond donors (Lipinski definition) is 1. The van der Waals surface area contributed by atoms with E-state index in [1.165, 1.54) is 0 Å². The zero-order valence-electron chi connectivity index (χ0n) is 14.1. The van der Waals surface area contributed by atoms with E-state index in [0.717, 1.165) is 16.5 Å². The number of ether oxygens (including phenoxy) is 2. The van der Waals surface area contributed by atoms with Crippen LogP contribution >= 0.6 is 0 Å². The van der Waals surface area contributed by atoms with E-state index in [2.05, 4.69) is 11.4 Å². The molecule has 0 atom stereocenters. The molecule has 0 aliphatic rings. The van der Waals surface area contributed by atoms with Gasteiger partial charge in [0, 0.05) is 11.5 Å². The fraction of sp³-hybridized carbons (Fsp3) is 0.211. The molecule has 0 unspecified atom stereocenters. The Hall–Kier alpha value is -2.95. The van der Waals surface area contributed by atoms with Crippen LogP contribution in [0.1, 0.15) is 21.7 Å². The first-order valence-corrected chi connectivity index (χ1v) is 7.56. The number of hydrogen-bond acceptors (Lipinski definition) is 4. The van der Waals surface area contributed by atoms with Crippen LogP contribution < -0.4 is 14.8 Å². The molecule has 5 nitrogen and oxygen atoms in total. The average Bonchev–Trinajstić information content (AvgIpc) is 2.99. The molecular weight excluding hydrogens is 306 g/mol. The minimum Gasteiger partial charge on any atom is -0.497 e. The van der Waals surface area contributed by atoms with Crippen LogP contribution in [0.5, 0.6) is 11.5 Å². The molecule has 3 aromatic rings. The number of amides is 1. The lowest BCUT2D eigenvalue weighted by Crippen LogP contribution is -2.11. The number of carbonyl (C=O) groups is 1. The smallest absolute Gasteiger partial charge is 0.291 e. The van der Waals surface area contributed by atoms with Gasteiger partial charge in [-0.05, 0) is 49.2 Å². The third kappa shape index (κ3) is 2.93. The summed E-state index contributed by atoms with van der Waals surface area (Å²) in [4.78, 5) is 12.5. The number of anilines is 1. The van der Waals surface area contributed by atoms with Crippen LogP contribution in [0.25, 0.3) is 11.0 Å². The van der Waals surface area contributed by atoms with Crippen LogP contribution in [0.2, 0.25) is 0 Å². The van der Waals surface area contributed by atoms with Crippen molar-refractivity contribution in [2.75, 3.05) is 19.5 Å². The predicted octanol–water partition coefficient (Wildman–Crippen LogP) is 4.32. The van der Waals surface area contributed by atoms with E-state index in [4.69, 9.17) is 13.9 Å². The van der Waals surface area contributed by atoms with E-state index in [-0.39, 0.29) is 11.7 Å². The largest absolute Gasteiger partial charge is 0.497 e. The number of fused-ring (bicyclic) bond motifs is 1. The Labute approximate surface area is 140 Å². The molecular formula is C19H19NO4. The number of benzene rings is 2. The molecule has 1 amide bonds. The van der Waals surface area contributed by atoms with Gasteiger partial charge in [-0.1, -0.05) is 6.07 Å². The maximum atomic E-state index is 12.5.